The minimum Gasteiger partial charge on any atom is -0.342 e. The van der Waals surface area contributed by atoms with Gasteiger partial charge in [0.2, 0.25) is 5.91 Å². The van der Waals surface area contributed by atoms with Crippen molar-refractivity contribution >= 4 is 27.6 Å². The van der Waals surface area contributed by atoms with Gasteiger partial charge in [-0.05, 0) is 71.9 Å². The van der Waals surface area contributed by atoms with Crippen molar-refractivity contribution in [3.63, 3.8) is 0 Å². The van der Waals surface area contributed by atoms with Crippen LogP contribution in [0.5, 0.6) is 0 Å². The number of alkyl halides is 3. The van der Waals surface area contributed by atoms with E-state index in [9.17, 15) is 35.6 Å². The Hall–Kier alpha value is -4.12. The second-order valence-electron chi connectivity index (χ2n) is 11.2. The number of nitrogens with one attached hydrogen (secondary N) is 2. The molecule has 2 aromatic carbocycles. The molecule has 0 saturated carbocycles. The van der Waals surface area contributed by atoms with E-state index < -0.39 is 52.5 Å². The first kappa shape index (κ1) is 32.3. The quantitative estimate of drug-likeness (QED) is 0.374. The highest BCUT2D eigenvalue weighted by molar-refractivity contribution is 7.90. The van der Waals surface area contributed by atoms with Gasteiger partial charge in [-0.2, -0.15) is 17.5 Å². The maximum absolute atomic E-state index is 13.9. The molecule has 17 heteroatoms. The van der Waals surface area contributed by atoms with E-state index in [1.54, 1.807) is 43.4 Å². The number of carbonyl (C=O) groups excluding carboxylic acids is 2. The smallest absolute Gasteiger partial charge is 0.342 e. The minimum absolute atomic E-state index is 0.0119. The summed E-state index contributed by atoms with van der Waals surface area (Å²) in [6, 6.07) is 11.0. The number of amides is 3. The lowest BCUT2D eigenvalue weighted by Crippen LogP contribution is -2.59. The second-order valence-corrected chi connectivity index (χ2v) is 13.2. The fraction of sp³-hybridized carbons (Fsp3) is 0.464. The summed E-state index contributed by atoms with van der Waals surface area (Å²) in [5.41, 5.74) is -3.68. The second kappa shape index (κ2) is 13.1. The van der Waals surface area contributed by atoms with Gasteiger partial charge in [-0.1, -0.05) is 24.3 Å². The van der Waals surface area contributed by atoms with Crippen LogP contribution in [-0.2, 0) is 28.3 Å². The molecule has 0 bridgehead atoms. The summed E-state index contributed by atoms with van der Waals surface area (Å²) in [7, 11) is -4.05. The Balaban J connectivity index is 1.31. The van der Waals surface area contributed by atoms with Crippen molar-refractivity contribution in [1.29, 1.82) is 0 Å². The van der Waals surface area contributed by atoms with E-state index in [4.69, 9.17) is 0 Å². The molecule has 0 spiro atoms. The molecule has 2 aliphatic rings. The van der Waals surface area contributed by atoms with Crippen LogP contribution >= 0.6 is 0 Å². The Morgan fingerprint density at radius 3 is 2.49 bits per heavy atom. The van der Waals surface area contributed by atoms with Gasteiger partial charge >= 0.3 is 21.6 Å². The van der Waals surface area contributed by atoms with Crippen molar-refractivity contribution in [3.8, 4) is 11.4 Å². The lowest BCUT2D eigenvalue weighted by Gasteiger charge is -2.41. The van der Waals surface area contributed by atoms with Crippen molar-refractivity contribution in [3.05, 3.63) is 59.9 Å². The van der Waals surface area contributed by atoms with Crippen LogP contribution in [0.15, 0.2) is 48.5 Å². The molecule has 12 nitrogen and oxygen atoms in total. The van der Waals surface area contributed by atoms with E-state index in [2.05, 4.69) is 26.2 Å². The average molecular weight is 653 g/mol. The first-order valence-electron chi connectivity index (χ1n) is 14.3. The van der Waals surface area contributed by atoms with Crippen molar-refractivity contribution < 1.29 is 35.6 Å². The molecule has 3 aromatic rings. The Morgan fingerprint density at radius 2 is 1.80 bits per heavy atom. The number of anilines is 1. The topological polar surface area (TPSA) is 142 Å². The number of carbonyl (C=O) groups is 2. The standard InChI is InChI=1S/C28H32F4N8O4S/c1-38-25(35-36-37-38)20-5-2-6-22(15-20)33-27(42)34-24-11-13-40(45(43,44)28(30,31)32)17-23(24)26(41)39-12-3-4-19(16-39)14-18-7-9-21(29)10-8-18/h2,5-10,15,19,23-24H,3-4,11-14,16-17H2,1H3,(H2,33,34,42). The molecule has 0 aliphatic carbocycles. The molecule has 3 amide bonds. The molecular formula is C28H32F4N8O4S. The van der Waals surface area contributed by atoms with Crippen LogP contribution in [-0.4, -0.2) is 87.5 Å². The average Bonchev–Trinajstić information content (AvgIpc) is 3.43. The van der Waals surface area contributed by atoms with Crippen LogP contribution in [0, 0.1) is 17.7 Å². The molecule has 2 fully saturated rings. The van der Waals surface area contributed by atoms with E-state index >= 15 is 0 Å². The van der Waals surface area contributed by atoms with Crippen LogP contribution in [0.4, 0.5) is 28.0 Å². The Morgan fingerprint density at radius 1 is 1.04 bits per heavy atom. The number of benzene rings is 2. The van der Waals surface area contributed by atoms with Crippen LogP contribution in [0.25, 0.3) is 11.4 Å². The molecule has 2 N–H and O–H groups in total. The van der Waals surface area contributed by atoms with Crippen LogP contribution in [0.2, 0.25) is 0 Å². The van der Waals surface area contributed by atoms with E-state index in [0.29, 0.717) is 43.0 Å². The van der Waals surface area contributed by atoms with Crippen molar-refractivity contribution in [2.75, 3.05) is 31.5 Å². The monoisotopic (exact) mass is 652 g/mol. The van der Waals surface area contributed by atoms with Gasteiger partial charge in [0.05, 0.1) is 5.92 Å². The van der Waals surface area contributed by atoms with E-state index in [1.807, 2.05) is 0 Å². The zero-order valence-electron chi connectivity index (χ0n) is 24.2. The van der Waals surface area contributed by atoms with Gasteiger partial charge in [-0.25, -0.2) is 22.3 Å². The number of urea groups is 1. The summed E-state index contributed by atoms with van der Waals surface area (Å²) in [5.74, 6) is -1.71. The third kappa shape index (κ3) is 7.41. The Bertz CT molecular complexity index is 1630. The van der Waals surface area contributed by atoms with Crippen molar-refractivity contribution in [1.82, 2.24) is 34.7 Å². The molecule has 3 unspecified atom stereocenters. The van der Waals surface area contributed by atoms with Gasteiger partial charge in [0.1, 0.15) is 5.82 Å². The summed E-state index contributed by atoms with van der Waals surface area (Å²) in [6.07, 6.45) is 1.77. The van der Waals surface area contributed by atoms with Crippen molar-refractivity contribution in [2.45, 2.75) is 37.2 Å². The number of halogens is 4. The first-order chi connectivity index (χ1) is 21.3. The molecule has 3 atom stereocenters. The number of rotatable bonds is 7. The van der Waals surface area contributed by atoms with Crippen LogP contribution in [0.1, 0.15) is 24.8 Å². The summed E-state index contributed by atoms with van der Waals surface area (Å²) in [4.78, 5) is 28.5. The molecule has 0 radical (unpaired) electrons. The highest BCUT2D eigenvalue weighted by atomic mass is 32.2. The van der Waals surface area contributed by atoms with Gasteiger partial charge in [0, 0.05) is 50.5 Å². The SMILES string of the molecule is Cn1nnnc1-c1cccc(NC(=O)NC2CCN(S(=O)(=O)C(F)(F)F)CC2C(=O)N2CCCC(Cc3ccc(F)cc3)C2)c1. The normalized spacial score (nSPS) is 21.4. The van der Waals surface area contributed by atoms with Gasteiger partial charge in [0.15, 0.2) is 5.82 Å². The highest BCUT2D eigenvalue weighted by Gasteiger charge is 2.53. The van der Waals surface area contributed by atoms with Crippen LogP contribution < -0.4 is 10.6 Å². The van der Waals surface area contributed by atoms with Gasteiger partial charge in [0.25, 0.3) is 0 Å². The number of nitrogens with zero attached hydrogens (tertiary/aromatic N) is 6. The van der Waals surface area contributed by atoms with Gasteiger partial charge in [-0.15, -0.1) is 5.10 Å². The predicted octanol–water partition coefficient (Wildman–Crippen LogP) is 3.16. The van der Waals surface area contributed by atoms with E-state index in [1.165, 1.54) is 21.7 Å². The number of piperidine rings is 2. The lowest BCUT2D eigenvalue weighted by atomic mass is 9.88. The largest absolute Gasteiger partial charge is 0.511 e. The zero-order valence-corrected chi connectivity index (χ0v) is 25.1. The number of hydrogen-bond acceptors (Lipinski definition) is 7. The van der Waals surface area contributed by atoms with Gasteiger partial charge in [-0.3, -0.25) is 4.79 Å². The summed E-state index contributed by atoms with van der Waals surface area (Å²) in [5, 5.41) is 16.7. The lowest BCUT2D eigenvalue weighted by molar-refractivity contribution is -0.139. The molecule has 242 valence electrons. The van der Waals surface area contributed by atoms with Crippen molar-refractivity contribution in [2.24, 2.45) is 18.9 Å². The molecule has 45 heavy (non-hydrogen) atoms. The molecule has 2 saturated heterocycles. The fourth-order valence-electron chi connectivity index (χ4n) is 5.88. The number of aryl methyl sites for hydroxylation is 1. The number of hydrogen-bond donors (Lipinski definition) is 2. The summed E-state index contributed by atoms with van der Waals surface area (Å²) >= 11 is 0. The highest BCUT2D eigenvalue weighted by Crippen LogP contribution is 2.32. The summed E-state index contributed by atoms with van der Waals surface area (Å²) < 4.78 is 80.0. The Labute approximate surface area is 256 Å². The number of tetrazole rings is 1. The number of sulfonamides is 1. The molecule has 5 rings (SSSR count). The van der Waals surface area contributed by atoms with E-state index in [-0.39, 0.29) is 22.5 Å². The third-order valence-corrected chi connectivity index (χ3v) is 9.71. The number of likely N-dealkylation sites (tertiary alicyclic amines) is 1. The van der Waals surface area contributed by atoms with Crippen LogP contribution in [0.3, 0.4) is 0 Å². The minimum atomic E-state index is -5.70. The molecule has 1 aromatic heterocycles. The Kier molecular flexibility index (Phi) is 9.38. The first-order valence-corrected chi connectivity index (χ1v) is 15.8. The zero-order chi connectivity index (χ0) is 32.4. The predicted molar refractivity (Wildman–Crippen MR) is 154 cm³/mol. The molecule has 3 heterocycles. The third-order valence-electron chi connectivity index (χ3n) is 8.11. The van der Waals surface area contributed by atoms with Gasteiger partial charge < -0.3 is 15.5 Å². The van der Waals surface area contributed by atoms with E-state index in [0.717, 1.165) is 12.0 Å². The molecular weight excluding hydrogens is 620 g/mol. The number of aromatic nitrogens is 4. The fourth-order valence-corrected chi connectivity index (χ4v) is 6.87. The molecule has 2 aliphatic heterocycles. The maximum atomic E-state index is 13.9. The maximum Gasteiger partial charge on any atom is 0.511 e. The summed E-state index contributed by atoms with van der Waals surface area (Å²) in [6.45, 7) is -0.636.